The lowest BCUT2D eigenvalue weighted by Gasteiger charge is -2.33. The van der Waals surface area contributed by atoms with Crippen molar-refractivity contribution in [1.82, 2.24) is 0 Å². The molecular weight excluding hydrogens is 168 g/mol. The number of carbonyl (C=O) groups is 1. The van der Waals surface area contributed by atoms with Crippen LogP contribution in [0.4, 0.5) is 0 Å². The van der Waals surface area contributed by atoms with Crippen molar-refractivity contribution in [2.75, 3.05) is 13.2 Å². The molecule has 0 aliphatic carbocycles. The van der Waals surface area contributed by atoms with Gasteiger partial charge in [0.2, 0.25) is 0 Å². The first kappa shape index (κ1) is 10.3. The molecule has 74 valence electrons. The number of hydrogen-bond donors (Lipinski definition) is 1. The Balaban J connectivity index is 2.73. The van der Waals surface area contributed by atoms with Crippen molar-refractivity contribution in [3.63, 3.8) is 0 Å². The molecule has 0 aromatic carbocycles. The van der Waals surface area contributed by atoms with Gasteiger partial charge in [-0.2, -0.15) is 0 Å². The van der Waals surface area contributed by atoms with Gasteiger partial charge in [-0.3, -0.25) is 4.79 Å². The summed E-state index contributed by atoms with van der Waals surface area (Å²) in [6.45, 7) is 6.63. The molecule has 1 fully saturated rings. The van der Waals surface area contributed by atoms with E-state index in [1.165, 1.54) is 0 Å². The highest BCUT2D eigenvalue weighted by molar-refractivity contribution is 5.75. The van der Waals surface area contributed by atoms with Gasteiger partial charge in [-0.15, -0.1) is 6.58 Å². The van der Waals surface area contributed by atoms with Crippen LogP contribution in [0, 0.1) is 5.41 Å². The molecule has 0 amide bonds. The van der Waals surface area contributed by atoms with E-state index in [2.05, 4.69) is 6.58 Å². The zero-order chi connectivity index (χ0) is 9.90. The van der Waals surface area contributed by atoms with Crippen LogP contribution >= 0.6 is 0 Å². The van der Waals surface area contributed by atoms with Crippen molar-refractivity contribution in [3.8, 4) is 0 Å². The summed E-state index contributed by atoms with van der Waals surface area (Å²) in [7, 11) is 0. The van der Waals surface area contributed by atoms with E-state index in [4.69, 9.17) is 9.84 Å². The van der Waals surface area contributed by atoms with Gasteiger partial charge in [0.05, 0.1) is 12.0 Å². The van der Waals surface area contributed by atoms with Crippen molar-refractivity contribution < 1.29 is 14.6 Å². The summed E-state index contributed by atoms with van der Waals surface area (Å²) in [5, 5.41) is 9.12. The van der Waals surface area contributed by atoms with Gasteiger partial charge in [-0.25, -0.2) is 0 Å². The molecule has 1 heterocycles. The van der Waals surface area contributed by atoms with E-state index < -0.39 is 11.4 Å². The lowest BCUT2D eigenvalue weighted by atomic mass is 9.78. The molecule has 1 rings (SSSR count). The van der Waals surface area contributed by atoms with E-state index in [-0.39, 0.29) is 0 Å². The topological polar surface area (TPSA) is 46.5 Å². The summed E-state index contributed by atoms with van der Waals surface area (Å²) >= 11 is 0. The standard InChI is InChI=1S/C10H16O3/c1-8(2)6-10(9(11)12)4-3-5-13-7-10/h1,3-7H2,2H3,(H,11,12). The second-order valence-electron chi connectivity index (χ2n) is 3.88. The number of carboxylic acid groups (broad SMARTS) is 1. The van der Waals surface area contributed by atoms with Gasteiger partial charge in [-0.1, -0.05) is 5.57 Å². The average molecular weight is 184 g/mol. The monoisotopic (exact) mass is 184 g/mol. The summed E-state index contributed by atoms with van der Waals surface area (Å²) in [5.41, 5.74) is 0.206. The van der Waals surface area contributed by atoms with Gasteiger partial charge in [-0.05, 0) is 26.2 Å². The van der Waals surface area contributed by atoms with Crippen LogP contribution in [-0.4, -0.2) is 24.3 Å². The predicted molar refractivity (Wildman–Crippen MR) is 49.6 cm³/mol. The van der Waals surface area contributed by atoms with E-state index in [0.717, 1.165) is 12.0 Å². The second kappa shape index (κ2) is 3.92. The Hall–Kier alpha value is -0.830. The Morgan fingerprint density at radius 1 is 1.69 bits per heavy atom. The zero-order valence-electron chi connectivity index (χ0n) is 8.01. The molecule has 0 radical (unpaired) electrons. The lowest BCUT2D eigenvalue weighted by Crippen LogP contribution is -2.39. The average Bonchev–Trinajstić information content (AvgIpc) is 2.04. The first-order chi connectivity index (χ1) is 6.07. The molecule has 13 heavy (non-hydrogen) atoms. The van der Waals surface area contributed by atoms with Gasteiger partial charge in [0.15, 0.2) is 0 Å². The normalized spacial score (nSPS) is 28.4. The molecule has 0 aromatic heterocycles. The largest absolute Gasteiger partial charge is 0.481 e. The zero-order valence-corrected chi connectivity index (χ0v) is 8.01. The van der Waals surface area contributed by atoms with Gasteiger partial charge < -0.3 is 9.84 Å². The van der Waals surface area contributed by atoms with Crippen LogP contribution in [0.1, 0.15) is 26.2 Å². The number of ether oxygens (including phenoxy) is 1. The van der Waals surface area contributed by atoms with Crippen LogP contribution in [0.15, 0.2) is 12.2 Å². The fourth-order valence-electron chi connectivity index (χ4n) is 1.81. The van der Waals surface area contributed by atoms with Crippen LogP contribution < -0.4 is 0 Å². The number of aliphatic carboxylic acids is 1. The highest BCUT2D eigenvalue weighted by atomic mass is 16.5. The third-order valence-electron chi connectivity index (χ3n) is 2.42. The summed E-state index contributed by atoms with van der Waals surface area (Å²) in [4.78, 5) is 11.1. The van der Waals surface area contributed by atoms with E-state index >= 15 is 0 Å². The summed E-state index contributed by atoms with van der Waals surface area (Å²) in [6.07, 6.45) is 2.07. The maximum absolute atomic E-state index is 11.1. The quantitative estimate of drug-likeness (QED) is 0.681. The van der Waals surface area contributed by atoms with E-state index in [9.17, 15) is 4.79 Å². The maximum atomic E-state index is 11.1. The van der Waals surface area contributed by atoms with Crippen LogP contribution in [0.2, 0.25) is 0 Å². The third-order valence-corrected chi connectivity index (χ3v) is 2.42. The molecule has 0 aromatic rings. The van der Waals surface area contributed by atoms with Crippen molar-refractivity contribution in [2.45, 2.75) is 26.2 Å². The molecule has 0 spiro atoms. The fourth-order valence-corrected chi connectivity index (χ4v) is 1.81. The Labute approximate surface area is 78.4 Å². The summed E-state index contributed by atoms with van der Waals surface area (Å²) in [5.74, 6) is -0.754. The van der Waals surface area contributed by atoms with Gasteiger partial charge in [0, 0.05) is 6.61 Å². The Bertz CT molecular complexity index is 214. The van der Waals surface area contributed by atoms with E-state index in [1.807, 2.05) is 6.92 Å². The fraction of sp³-hybridized carbons (Fsp3) is 0.700. The highest BCUT2D eigenvalue weighted by Gasteiger charge is 2.40. The molecular formula is C10H16O3. The van der Waals surface area contributed by atoms with Crippen LogP contribution in [0.3, 0.4) is 0 Å². The molecule has 1 atom stereocenters. The number of carboxylic acids is 1. The van der Waals surface area contributed by atoms with Crippen LogP contribution in [0.5, 0.6) is 0 Å². The van der Waals surface area contributed by atoms with E-state index in [1.54, 1.807) is 0 Å². The first-order valence-corrected chi connectivity index (χ1v) is 4.52. The van der Waals surface area contributed by atoms with Crippen LogP contribution in [0.25, 0.3) is 0 Å². The lowest BCUT2D eigenvalue weighted by molar-refractivity contribution is -0.157. The first-order valence-electron chi connectivity index (χ1n) is 4.52. The molecule has 1 N–H and O–H groups in total. The number of hydrogen-bond acceptors (Lipinski definition) is 2. The minimum Gasteiger partial charge on any atom is -0.481 e. The third kappa shape index (κ3) is 2.31. The Morgan fingerprint density at radius 2 is 2.38 bits per heavy atom. The molecule has 0 saturated carbocycles. The molecule has 1 saturated heterocycles. The van der Waals surface area contributed by atoms with Crippen molar-refractivity contribution in [3.05, 3.63) is 12.2 Å². The number of rotatable bonds is 3. The molecule has 3 nitrogen and oxygen atoms in total. The van der Waals surface area contributed by atoms with Crippen molar-refractivity contribution >= 4 is 5.97 Å². The molecule has 1 aliphatic rings. The van der Waals surface area contributed by atoms with E-state index in [0.29, 0.717) is 26.1 Å². The smallest absolute Gasteiger partial charge is 0.312 e. The predicted octanol–water partition coefficient (Wildman–Crippen LogP) is 1.83. The number of allylic oxidation sites excluding steroid dienone is 1. The van der Waals surface area contributed by atoms with Gasteiger partial charge in [0.1, 0.15) is 0 Å². The SMILES string of the molecule is C=C(C)CC1(C(=O)O)CCCOC1. The van der Waals surface area contributed by atoms with Gasteiger partial charge >= 0.3 is 5.97 Å². The molecule has 3 heteroatoms. The minimum absolute atomic E-state index is 0.329. The van der Waals surface area contributed by atoms with Gasteiger partial charge in [0.25, 0.3) is 0 Å². The van der Waals surface area contributed by atoms with Crippen molar-refractivity contribution in [1.29, 1.82) is 0 Å². The molecule has 0 bridgehead atoms. The highest BCUT2D eigenvalue weighted by Crippen LogP contribution is 2.34. The summed E-state index contributed by atoms with van der Waals surface area (Å²) < 4.78 is 5.23. The van der Waals surface area contributed by atoms with Crippen LogP contribution in [-0.2, 0) is 9.53 Å². The maximum Gasteiger partial charge on any atom is 0.312 e. The second-order valence-corrected chi connectivity index (χ2v) is 3.88. The minimum atomic E-state index is -0.754. The van der Waals surface area contributed by atoms with Crippen molar-refractivity contribution in [2.24, 2.45) is 5.41 Å². The molecule has 1 aliphatic heterocycles. The molecule has 1 unspecified atom stereocenters. The Morgan fingerprint density at radius 3 is 2.77 bits per heavy atom. The summed E-state index contributed by atoms with van der Waals surface area (Å²) in [6, 6.07) is 0. The Kier molecular flexibility index (Phi) is 3.09.